The van der Waals surface area contributed by atoms with Gasteiger partial charge in [-0.25, -0.2) is 0 Å². The molecule has 27 heavy (non-hydrogen) atoms. The van der Waals surface area contributed by atoms with Gasteiger partial charge in [0.25, 0.3) is 0 Å². The Kier molecular flexibility index (Phi) is 4.76. The highest BCUT2D eigenvalue weighted by atomic mass is 16.3. The van der Waals surface area contributed by atoms with Crippen LogP contribution in [0.1, 0.15) is 59.1 Å². The summed E-state index contributed by atoms with van der Waals surface area (Å²) in [4.78, 5) is 1.50. The maximum absolute atomic E-state index is 11.1. The number of phenolic OH excluding ortho intramolecular Hbond substituents is 1. The van der Waals surface area contributed by atoms with E-state index in [-0.39, 0.29) is 11.2 Å². The topological polar surface area (TPSA) is 71.2 Å². The number of aliphatic hydroxyl groups excluding tert-OH is 1. The van der Waals surface area contributed by atoms with Crippen molar-refractivity contribution in [3.05, 3.63) is 47.5 Å². The molecule has 144 valence electrons. The summed E-state index contributed by atoms with van der Waals surface area (Å²) in [5.74, 6) is 0.187. The Hall–Kier alpha value is -2.40. The average molecular weight is 367 g/mol. The van der Waals surface area contributed by atoms with Crippen LogP contribution >= 0.6 is 0 Å². The Bertz CT molecular complexity index is 938. The zero-order valence-electron chi connectivity index (χ0n) is 17.0. The molecule has 0 aliphatic carbocycles. The minimum Gasteiger partial charge on any atom is -0.505 e. The predicted molar refractivity (Wildman–Crippen MR) is 109 cm³/mol. The number of rotatable bonds is 5. The molecule has 0 bridgehead atoms. The fourth-order valence-corrected chi connectivity index (χ4v) is 3.06. The standard InChI is InChI=1S/C22H29N3O2/c1-7-21(3,4)16-12-15(22(5,6)14(2)26)13-19(20(16)27)25-23-17-10-8-9-11-18(17)24-25/h8-14,26-27H,7H2,1-6H3. The highest BCUT2D eigenvalue weighted by molar-refractivity contribution is 5.74. The van der Waals surface area contributed by atoms with Gasteiger partial charge in [0.05, 0.1) is 6.10 Å². The van der Waals surface area contributed by atoms with E-state index in [1.54, 1.807) is 6.92 Å². The fraction of sp³-hybridized carbons (Fsp3) is 0.455. The van der Waals surface area contributed by atoms with E-state index in [0.717, 1.165) is 28.6 Å². The van der Waals surface area contributed by atoms with Crippen LogP contribution in [0.2, 0.25) is 0 Å². The van der Waals surface area contributed by atoms with Crippen LogP contribution in [0.4, 0.5) is 0 Å². The molecular formula is C22H29N3O2. The largest absolute Gasteiger partial charge is 0.505 e. The molecule has 0 spiro atoms. The Balaban J connectivity index is 2.30. The number of hydrogen-bond acceptors (Lipinski definition) is 4. The summed E-state index contributed by atoms with van der Waals surface area (Å²) in [6, 6.07) is 11.5. The van der Waals surface area contributed by atoms with Gasteiger partial charge in [-0.15, -0.1) is 15.0 Å². The monoisotopic (exact) mass is 367 g/mol. The molecule has 0 aliphatic rings. The first-order valence-corrected chi connectivity index (χ1v) is 9.46. The molecule has 2 aromatic carbocycles. The molecule has 5 heteroatoms. The Morgan fingerprint density at radius 3 is 2.07 bits per heavy atom. The summed E-state index contributed by atoms with van der Waals surface area (Å²) in [7, 11) is 0. The zero-order valence-corrected chi connectivity index (χ0v) is 17.0. The Labute approximate surface area is 160 Å². The third-order valence-corrected chi connectivity index (χ3v) is 5.99. The van der Waals surface area contributed by atoms with E-state index in [0.29, 0.717) is 5.69 Å². The van der Waals surface area contributed by atoms with Gasteiger partial charge < -0.3 is 10.2 Å². The van der Waals surface area contributed by atoms with E-state index in [2.05, 4.69) is 31.0 Å². The molecule has 0 aliphatic heterocycles. The molecule has 3 aromatic rings. The molecular weight excluding hydrogens is 338 g/mol. The van der Waals surface area contributed by atoms with E-state index in [1.165, 1.54) is 4.80 Å². The third-order valence-electron chi connectivity index (χ3n) is 5.99. The van der Waals surface area contributed by atoms with Gasteiger partial charge in [0.2, 0.25) is 0 Å². The summed E-state index contributed by atoms with van der Waals surface area (Å²) in [6.45, 7) is 12.1. The number of hydrogen-bond donors (Lipinski definition) is 2. The van der Waals surface area contributed by atoms with Crippen molar-refractivity contribution >= 4 is 11.0 Å². The number of phenols is 1. The molecule has 0 amide bonds. The van der Waals surface area contributed by atoms with Crippen LogP contribution in [0.15, 0.2) is 36.4 Å². The van der Waals surface area contributed by atoms with E-state index in [1.807, 2.05) is 50.2 Å². The molecule has 0 radical (unpaired) electrons. The van der Waals surface area contributed by atoms with Crippen molar-refractivity contribution < 1.29 is 10.2 Å². The Morgan fingerprint density at radius 1 is 1.04 bits per heavy atom. The van der Waals surface area contributed by atoms with Crippen LogP contribution in [0.3, 0.4) is 0 Å². The van der Waals surface area contributed by atoms with Crippen LogP contribution in [-0.4, -0.2) is 31.3 Å². The van der Waals surface area contributed by atoms with Gasteiger partial charge >= 0.3 is 0 Å². The molecule has 2 N–H and O–H groups in total. The summed E-state index contributed by atoms with van der Waals surface area (Å²) in [5, 5.41) is 30.5. The van der Waals surface area contributed by atoms with Gasteiger partial charge in [-0.2, -0.15) is 0 Å². The molecule has 5 nitrogen and oxygen atoms in total. The maximum atomic E-state index is 11.1. The zero-order chi connectivity index (χ0) is 20.0. The highest BCUT2D eigenvalue weighted by Crippen LogP contribution is 2.41. The normalized spacial score (nSPS) is 13.9. The van der Waals surface area contributed by atoms with Crippen LogP contribution in [-0.2, 0) is 10.8 Å². The van der Waals surface area contributed by atoms with Crippen LogP contribution < -0.4 is 0 Å². The molecule has 0 fully saturated rings. The summed E-state index contributed by atoms with van der Waals surface area (Å²) in [5.41, 5.74) is 3.16. The molecule has 0 saturated heterocycles. The van der Waals surface area contributed by atoms with E-state index in [4.69, 9.17) is 0 Å². The minimum atomic E-state index is -0.544. The number of aromatic hydroxyl groups is 1. The van der Waals surface area contributed by atoms with Crippen molar-refractivity contribution in [2.45, 2.75) is 64.9 Å². The van der Waals surface area contributed by atoms with Crippen molar-refractivity contribution in [1.82, 2.24) is 15.0 Å². The quantitative estimate of drug-likeness (QED) is 0.698. The van der Waals surface area contributed by atoms with Crippen molar-refractivity contribution in [2.24, 2.45) is 0 Å². The number of nitrogens with zero attached hydrogens (tertiary/aromatic N) is 3. The van der Waals surface area contributed by atoms with Crippen molar-refractivity contribution in [2.75, 3.05) is 0 Å². The lowest BCUT2D eigenvalue weighted by molar-refractivity contribution is 0.118. The van der Waals surface area contributed by atoms with Crippen LogP contribution in [0, 0.1) is 0 Å². The van der Waals surface area contributed by atoms with Crippen LogP contribution in [0.25, 0.3) is 16.7 Å². The van der Waals surface area contributed by atoms with E-state index >= 15 is 0 Å². The van der Waals surface area contributed by atoms with Gasteiger partial charge in [-0.3, -0.25) is 0 Å². The van der Waals surface area contributed by atoms with Gasteiger partial charge in [0, 0.05) is 11.0 Å². The molecule has 1 aromatic heterocycles. The summed E-state index contributed by atoms with van der Waals surface area (Å²) in [6.07, 6.45) is 0.324. The third kappa shape index (κ3) is 3.32. The van der Waals surface area contributed by atoms with Crippen molar-refractivity contribution in [1.29, 1.82) is 0 Å². The van der Waals surface area contributed by atoms with Crippen molar-refractivity contribution in [3.8, 4) is 11.4 Å². The molecule has 0 saturated carbocycles. The number of aromatic nitrogens is 3. The predicted octanol–water partition coefficient (Wildman–Crippen LogP) is 4.47. The van der Waals surface area contributed by atoms with Crippen molar-refractivity contribution in [3.63, 3.8) is 0 Å². The first-order valence-electron chi connectivity index (χ1n) is 9.46. The lowest BCUT2D eigenvalue weighted by atomic mass is 9.75. The summed E-state index contributed by atoms with van der Waals surface area (Å²) < 4.78 is 0. The molecule has 1 unspecified atom stereocenters. The first kappa shape index (κ1) is 19.4. The van der Waals surface area contributed by atoms with Gasteiger partial charge in [0.15, 0.2) is 0 Å². The lowest BCUT2D eigenvalue weighted by Crippen LogP contribution is -2.32. The number of fused-ring (bicyclic) bond motifs is 1. The van der Waals surface area contributed by atoms with Crippen LogP contribution in [0.5, 0.6) is 5.75 Å². The maximum Gasteiger partial charge on any atom is 0.146 e. The first-order chi connectivity index (χ1) is 12.6. The van der Waals surface area contributed by atoms with E-state index < -0.39 is 11.5 Å². The average Bonchev–Trinajstić information content (AvgIpc) is 3.05. The second-order valence-corrected chi connectivity index (χ2v) is 8.50. The second-order valence-electron chi connectivity index (χ2n) is 8.50. The SMILES string of the molecule is CCC(C)(C)c1cc(C(C)(C)C(C)O)cc(-n2nc3ccccc3n2)c1O. The summed E-state index contributed by atoms with van der Waals surface area (Å²) >= 11 is 0. The molecule has 1 atom stereocenters. The molecule has 1 heterocycles. The van der Waals surface area contributed by atoms with Gasteiger partial charge in [-0.05, 0) is 42.5 Å². The number of benzene rings is 2. The second kappa shape index (κ2) is 6.64. The smallest absolute Gasteiger partial charge is 0.146 e. The van der Waals surface area contributed by atoms with E-state index in [9.17, 15) is 10.2 Å². The minimum absolute atomic E-state index is 0.187. The molecule has 3 rings (SSSR count). The number of aliphatic hydroxyl groups is 1. The lowest BCUT2D eigenvalue weighted by Gasteiger charge is -2.32. The highest BCUT2D eigenvalue weighted by Gasteiger charge is 2.32. The fourth-order valence-electron chi connectivity index (χ4n) is 3.06. The van der Waals surface area contributed by atoms with Gasteiger partial charge in [0.1, 0.15) is 22.5 Å². The van der Waals surface area contributed by atoms with Gasteiger partial charge in [-0.1, -0.05) is 52.8 Å². The Morgan fingerprint density at radius 2 is 1.59 bits per heavy atom.